The van der Waals surface area contributed by atoms with Crippen LogP contribution in [0.5, 0.6) is 0 Å². The SMILES string of the molecule is C[C@@H]1O[C@H]2O[C@H]3[C@@H](OC[C@H](O)[C@@H]3O)OC(=O)[C@]34CCC(C)(C)CC3C3=CCC5[C@@]6(C)C[C@H](O)[C@H](O[C@@H]7O[C@H](CO)[C@@H](O)[C@H](O)[C@H]7O[C@@H]7OC[C@H](OC(=O)CC(C)(O)CC(=O)O[C@H]1[C@@H](O[C@@H]1OC[C@@H](O)[C@H](O)[C@H]1O)[C@H]2O)[C@H](O)[C@H]7O)[C@@](C)(CO)C6CC[C@@]5(C)[C@]3(C)C[C@H]4O. The van der Waals surface area contributed by atoms with Gasteiger partial charge in [-0.1, -0.05) is 53.2 Å². The summed E-state index contributed by atoms with van der Waals surface area (Å²) in [5, 5.41) is 172. The van der Waals surface area contributed by atoms with Crippen molar-refractivity contribution in [2.24, 2.45) is 50.2 Å². The molecule has 0 aromatic rings. The molecule has 12 aliphatic heterocycles. The molecule has 30 nitrogen and oxygen atoms in total. The monoisotopic (exact) mass is 1330 g/mol. The molecular formula is C63H98O30. The Balaban J connectivity index is 0.961. The van der Waals surface area contributed by atoms with E-state index in [1.165, 1.54) is 6.92 Å². The number of esters is 3. The van der Waals surface area contributed by atoms with Crippen LogP contribution in [0.4, 0.5) is 0 Å². The van der Waals surface area contributed by atoms with Crippen LogP contribution in [0.15, 0.2) is 11.6 Å². The summed E-state index contributed by atoms with van der Waals surface area (Å²) in [7, 11) is 0. The number of hydrogen-bond donors (Lipinski definition) is 15. The second kappa shape index (κ2) is 26.0. The van der Waals surface area contributed by atoms with E-state index >= 15 is 4.79 Å². The molecule has 12 fully saturated rings. The maximum atomic E-state index is 15.7. The number of carbonyl (C=O) groups is 3. The van der Waals surface area contributed by atoms with Crippen molar-refractivity contribution < 1.29 is 148 Å². The van der Waals surface area contributed by atoms with Crippen molar-refractivity contribution in [1.29, 1.82) is 0 Å². The lowest BCUT2D eigenvalue weighted by Gasteiger charge is -2.72. The highest BCUT2D eigenvalue weighted by molar-refractivity contribution is 5.80. The van der Waals surface area contributed by atoms with E-state index in [4.69, 9.17) is 56.8 Å². The minimum absolute atomic E-state index is 0.0693. The first-order valence-electron chi connectivity index (χ1n) is 32.7. The van der Waals surface area contributed by atoms with Gasteiger partial charge in [-0.2, -0.15) is 0 Å². The first kappa shape index (κ1) is 71.5. The third kappa shape index (κ3) is 12.3. The molecule has 93 heavy (non-hydrogen) atoms. The van der Waals surface area contributed by atoms with Gasteiger partial charge in [0.25, 0.3) is 0 Å². The van der Waals surface area contributed by atoms with Gasteiger partial charge in [-0.15, -0.1) is 0 Å². The molecule has 17 aliphatic rings. The summed E-state index contributed by atoms with van der Waals surface area (Å²) in [6, 6.07) is 0. The molecular weight excluding hydrogens is 1240 g/mol. The van der Waals surface area contributed by atoms with Gasteiger partial charge in [0.05, 0.1) is 75.9 Å². The van der Waals surface area contributed by atoms with E-state index in [1.807, 2.05) is 0 Å². The van der Waals surface area contributed by atoms with Gasteiger partial charge in [0.15, 0.2) is 43.5 Å². The molecule has 12 heterocycles. The normalized spacial score (nSPS) is 54.8. The van der Waals surface area contributed by atoms with Crippen LogP contribution in [0.1, 0.15) is 120 Å². The molecule has 530 valence electrons. The highest BCUT2D eigenvalue weighted by Crippen LogP contribution is 2.76. The largest absolute Gasteiger partial charge is 0.457 e. The predicted molar refractivity (Wildman–Crippen MR) is 308 cm³/mol. The summed E-state index contributed by atoms with van der Waals surface area (Å²) >= 11 is 0. The number of allylic oxidation sites excluding steroid dienone is 2. The van der Waals surface area contributed by atoms with Crippen molar-refractivity contribution in [2.45, 2.75) is 279 Å². The molecule has 4 saturated carbocycles. The van der Waals surface area contributed by atoms with Crippen LogP contribution in [0.25, 0.3) is 0 Å². The Morgan fingerprint density at radius 2 is 1.22 bits per heavy atom. The average molecular weight is 1340 g/mol. The molecule has 34 atom stereocenters. The molecule has 0 radical (unpaired) electrons. The highest BCUT2D eigenvalue weighted by atomic mass is 16.8. The number of carbonyl (C=O) groups excluding carboxylic acids is 3. The molecule has 0 aromatic heterocycles. The Morgan fingerprint density at radius 1 is 0.570 bits per heavy atom. The zero-order valence-corrected chi connectivity index (χ0v) is 53.7. The lowest BCUT2D eigenvalue weighted by atomic mass is 9.33. The van der Waals surface area contributed by atoms with Gasteiger partial charge in [-0.3, -0.25) is 14.4 Å². The van der Waals surface area contributed by atoms with E-state index < -0.39 is 262 Å². The summed E-state index contributed by atoms with van der Waals surface area (Å²) in [6.45, 7) is 11.5. The van der Waals surface area contributed by atoms with Gasteiger partial charge >= 0.3 is 17.9 Å². The fourth-order valence-corrected chi connectivity index (χ4v) is 18.6. The fraction of sp³-hybridized carbons (Fsp3) is 0.921. The van der Waals surface area contributed by atoms with Crippen molar-refractivity contribution in [3.8, 4) is 0 Å². The third-order valence-corrected chi connectivity index (χ3v) is 24.0. The smallest absolute Gasteiger partial charge is 0.317 e. The zero-order valence-electron chi connectivity index (χ0n) is 53.7. The predicted octanol–water partition coefficient (Wildman–Crippen LogP) is -3.71. The number of hydrogen-bond acceptors (Lipinski definition) is 30. The summed E-state index contributed by atoms with van der Waals surface area (Å²) in [6.07, 6.45) is -41.1. The van der Waals surface area contributed by atoms with Crippen LogP contribution in [-0.4, -0.2) is 287 Å². The second-order valence-electron chi connectivity index (χ2n) is 30.6. The molecule has 5 aliphatic carbocycles. The maximum absolute atomic E-state index is 15.7. The van der Waals surface area contributed by atoms with E-state index in [-0.39, 0.29) is 30.6 Å². The summed E-state index contributed by atoms with van der Waals surface area (Å²) in [5.74, 6) is -4.65. The molecule has 30 heteroatoms. The molecule has 12 bridgehead atoms. The first-order chi connectivity index (χ1) is 43.5. The third-order valence-electron chi connectivity index (χ3n) is 24.0. The molecule has 15 N–H and O–H groups in total. The van der Waals surface area contributed by atoms with Crippen LogP contribution in [0.3, 0.4) is 0 Å². The van der Waals surface area contributed by atoms with Crippen LogP contribution in [-0.2, 0) is 71.2 Å². The van der Waals surface area contributed by atoms with Crippen molar-refractivity contribution in [3.63, 3.8) is 0 Å². The van der Waals surface area contributed by atoms with Crippen LogP contribution in [0, 0.1) is 50.2 Å². The molecule has 0 aromatic carbocycles. The summed E-state index contributed by atoms with van der Waals surface area (Å²) in [4.78, 5) is 43.1. The van der Waals surface area contributed by atoms with Crippen LogP contribution >= 0.6 is 0 Å². The van der Waals surface area contributed by atoms with Gasteiger partial charge in [0.2, 0.25) is 6.29 Å². The molecule has 8 saturated heterocycles. The standard InChI is InChI=1S/C63H98O30/c1-25-46-47(89-51-43(77)38(72)29(67)21-82-51)45(79)53(85-25)91-48-39(73)30(68)22-83-54(48)93-56(80)63-14-13-57(2,3)15-27(63)26-9-10-34-59(5)16-28(66)50(60(6,24-65)33(59)11-12-61(34,7)62(26,8)17-35(63)69)92-55-49(42(76)40(74)31(20-64)87-55)90-52-44(78)41(75)32(23-84-52)86-36(70)18-58(4,81)19-37(71)88-46/h9,25,27-35,38-55,64-69,72-79,81H,10-24H2,1-8H3/t25-,27?,28-,29+,30-,31+,32-,33?,34?,35+,38-,39-,40+,41-,42-,43+,44+,45+,46+,47-,48+,49+,50-,51-,52-,53-,54-,55-,58?,59-,60-,61+,62+,63+/m0/s1. The fourth-order valence-electron chi connectivity index (χ4n) is 18.6. The van der Waals surface area contributed by atoms with Crippen LogP contribution in [0.2, 0.25) is 0 Å². The Hall–Kier alpha value is -2.81. The minimum Gasteiger partial charge on any atom is -0.457 e. The van der Waals surface area contributed by atoms with E-state index in [2.05, 4.69) is 40.7 Å². The number of ether oxygens (including phenoxy) is 12. The van der Waals surface area contributed by atoms with E-state index in [0.29, 0.717) is 32.1 Å². The van der Waals surface area contributed by atoms with Crippen molar-refractivity contribution in [3.05, 3.63) is 11.6 Å². The molecule has 0 amide bonds. The van der Waals surface area contributed by atoms with Crippen LogP contribution < -0.4 is 0 Å². The lowest BCUT2D eigenvalue weighted by Crippen LogP contribution is -2.71. The van der Waals surface area contributed by atoms with E-state index in [1.54, 1.807) is 6.92 Å². The maximum Gasteiger partial charge on any atom is 0.317 e. The molecule has 1 spiro atoms. The van der Waals surface area contributed by atoms with E-state index in [9.17, 15) is 86.2 Å². The first-order valence-corrected chi connectivity index (χ1v) is 32.7. The summed E-state index contributed by atoms with van der Waals surface area (Å²) < 4.78 is 72.0. The van der Waals surface area contributed by atoms with Gasteiger partial charge in [0.1, 0.15) is 84.8 Å². The van der Waals surface area contributed by atoms with Crippen molar-refractivity contribution in [2.75, 3.05) is 33.0 Å². The zero-order chi connectivity index (χ0) is 67.8. The Kier molecular flexibility index (Phi) is 20.0. The Labute approximate surface area is 537 Å². The van der Waals surface area contributed by atoms with E-state index in [0.717, 1.165) is 12.5 Å². The quantitative estimate of drug-likeness (QED) is 0.0557. The number of aliphatic hydroxyl groups excluding tert-OH is 14. The van der Waals surface area contributed by atoms with Crippen molar-refractivity contribution >= 4 is 17.9 Å². The minimum atomic E-state index is -2.31. The number of rotatable bonds is 4. The molecule has 4 unspecified atom stereocenters. The Morgan fingerprint density at radius 3 is 1.90 bits per heavy atom. The average Bonchev–Trinajstić information content (AvgIpc) is 0.671. The van der Waals surface area contributed by atoms with Gasteiger partial charge < -0.3 is 133 Å². The van der Waals surface area contributed by atoms with Gasteiger partial charge in [0, 0.05) is 5.41 Å². The highest BCUT2D eigenvalue weighted by Gasteiger charge is 2.73. The molecule has 17 rings (SSSR count). The number of aliphatic hydroxyl groups is 15. The lowest BCUT2D eigenvalue weighted by molar-refractivity contribution is -0.377. The Bertz CT molecular complexity index is 2740. The topological polar surface area (TPSA) is 465 Å². The van der Waals surface area contributed by atoms with Crippen molar-refractivity contribution in [1.82, 2.24) is 0 Å². The van der Waals surface area contributed by atoms with Gasteiger partial charge in [-0.25, -0.2) is 0 Å². The summed E-state index contributed by atoms with van der Waals surface area (Å²) in [5.41, 5.74) is -6.89. The second-order valence-corrected chi connectivity index (χ2v) is 30.6. The van der Waals surface area contributed by atoms with Gasteiger partial charge in [-0.05, 0) is 105 Å².